The van der Waals surface area contributed by atoms with Gasteiger partial charge in [0.2, 0.25) is 11.8 Å². The fourth-order valence-corrected chi connectivity index (χ4v) is 3.87. The van der Waals surface area contributed by atoms with Crippen LogP contribution in [-0.4, -0.2) is 40.7 Å². The number of amides is 2. The van der Waals surface area contributed by atoms with E-state index in [1.807, 2.05) is 19.4 Å². The van der Waals surface area contributed by atoms with E-state index in [2.05, 4.69) is 15.7 Å². The number of hydrogen-bond acceptors (Lipinski definition) is 4. The van der Waals surface area contributed by atoms with Gasteiger partial charge in [0, 0.05) is 38.3 Å². The van der Waals surface area contributed by atoms with Crippen LogP contribution in [0.4, 0.5) is 0 Å². The van der Waals surface area contributed by atoms with Gasteiger partial charge in [0.15, 0.2) is 0 Å². The smallest absolute Gasteiger partial charge is 0.225 e. The molecule has 2 amide bonds. The zero-order chi connectivity index (χ0) is 16.4. The van der Waals surface area contributed by atoms with Gasteiger partial charge in [-0.1, -0.05) is 12.8 Å². The summed E-state index contributed by atoms with van der Waals surface area (Å²) in [6.07, 6.45) is 7.43. The minimum absolute atomic E-state index is 0.0157. The fraction of sp³-hybridized carbons (Fsp3) is 0.688. The molecule has 0 radical (unpaired) electrons. The molecule has 1 saturated heterocycles. The zero-order valence-corrected chi connectivity index (χ0v) is 13.5. The highest BCUT2D eigenvalue weighted by molar-refractivity contribution is 5.83. The third-order valence-electron chi connectivity index (χ3n) is 5.16. The van der Waals surface area contributed by atoms with Gasteiger partial charge in [-0.15, -0.1) is 0 Å². The third-order valence-corrected chi connectivity index (χ3v) is 5.16. The van der Waals surface area contributed by atoms with Gasteiger partial charge in [0.1, 0.15) is 0 Å². The second kappa shape index (κ2) is 6.70. The van der Waals surface area contributed by atoms with Crippen LogP contribution in [-0.2, 0) is 16.6 Å². The second-order valence-corrected chi connectivity index (χ2v) is 6.73. The van der Waals surface area contributed by atoms with Crippen LogP contribution < -0.4 is 16.4 Å². The average Bonchev–Trinajstić information content (AvgIpc) is 3.15. The van der Waals surface area contributed by atoms with Crippen molar-refractivity contribution in [3.8, 4) is 0 Å². The highest BCUT2D eigenvalue weighted by Gasteiger charge is 2.37. The number of rotatable bonds is 4. The topological polar surface area (TPSA) is 102 Å². The lowest BCUT2D eigenvalue weighted by molar-refractivity contribution is -0.128. The summed E-state index contributed by atoms with van der Waals surface area (Å²) in [5, 5.41) is 10.6. The molecule has 0 spiro atoms. The molecule has 2 unspecified atom stereocenters. The monoisotopic (exact) mass is 319 g/mol. The van der Waals surface area contributed by atoms with Gasteiger partial charge < -0.3 is 16.4 Å². The molecular formula is C16H25N5O2. The summed E-state index contributed by atoms with van der Waals surface area (Å²) in [5.41, 5.74) is 6.57. The molecule has 0 bridgehead atoms. The number of aryl methyl sites for hydroxylation is 1. The number of nitrogens with two attached hydrogens (primary N) is 1. The Morgan fingerprint density at radius 3 is 2.78 bits per heavy atom. The molecule has 7 nitrogen and oxygen atoms in total. The van der Waals surface area contributed by atoms with Crippen molar-refractivity contribution >= 4 is 11.8 Å². The molecule has 1 aliphatic heterocycles. The van der Waals surface area contributed by atoms with E-state index in [0.29, 0.717) is 6.54 Å². The first-order chi connectivity index (χ1) is 11.1. The minimum atomic E-state index is -0.302. The van der Waals surface area contributed by atoms with Crippen molar-refractivity contribution in [2.24, 2.45) is 24.6 Å². The highest BCUT2D eigenvalue weighted by Crippen LogP contribution is 2.29. The van der Waals surface area contributed by atoms with Crippen molar-refractivity contribution < 1.29 is 9.59 Å². The van der Waals surface area contributed by atoms with E-state index in [4.69, 9.17) is 5.73 Å². The molecule has 4 N–H and O–H groups in total. The minimum Gasteiger partial charge on any atom is -0.369 e. The zero-order valence-electron chi connectivity index (χ0n) is 13.5. The lowest BCUT2D eigenvalue weighted by Crippen LogP contribution is -2.49. The molecule has 126 valence electrons. The van der Waals surface area contributed by atoms with E-state index in [0.717, 1.165) is 37.8 Å². The quantitative estimate of drug-likeness (QED) is 0.720. The van der Waals surface area contributed by atoms with Crippen LogP contribution in [0.25, 0.3) is 0 Å². The number of nitrogens with zero attached hydrogens (tertiary/aromatic N) is 2. The number of aromatic nitrogens is 2. The Morgan fingerprint density at radius 2 is 2.09 bits per heavy atom. The molecular weight excluding hydrogens is 294 g/mol. The number of primary amides is 1. The standard InChI is InChI=1S/C16H25N5O2/c1-21-9-10(6-19-21)12-7-18-8-13(12)16(23)20-14-5-3-2-4-11(14)15(17)22/h6,9,11-14,18H,2-5,7-8H2,1H3,(H2,17,22)(H,20,23)/t11?,12-,13+,14?/m1/s1. The van der Waals surface area contributed by atoms with Crippen molar-refractivity contribution in [3.63, 3.8) is 0 Å². The number of hydrogen-bond donors (Lipinski definition) is 3. The van der Waals surface area contributed by atoms with Crippen molar-refractivity contribution in [2.45, 2.75) is 37.6 Å². The van der Waals surface area contributed by atoms with Gasteiger partial charge in [-0.3, -0.25) is 14.3 Å². The van der Waals surface area contributed by atoms with Crippen LogP contribution in [0, 0.1) is 11.8 Å². The van der Waals surface area contributed by atoms with Crippen molar-refractivity contribution in [1.29, 1.82) is 0 Å². The molecule has 2 aliphatic rings. The summed E-state index contributed by atoms with van der Waals surface area (Å²) >= 11 is 0. The Hall–Kier alpha value is -1.89. The molecule has 0 aromatic carbocycles. The highest BCUT2D eigenvalue weighted by atomic mass is 16.2. The number of carbonyl (C=O) groups excluding carboxylic acids is 2. The molecule has 4 atom stereocenters. The normalized spacial score (nSPS) is 31.0. The van der Waals surface area contributed by atoms with Gasteiger partial charge >= 0.3 is 0 Å². The SMILES string of the molecule is Cn1cc([C@H]2CNC[C@@H]2C(=O)NC2CCCCC2C(N)=O)cn1. The summed E-state index contributed by atoms with van der Waals surface area (Å²) in [5.74, 6) is -0.529. The van der Waals surface area contributed by atoms with Crippen molar-refractivity contribution in [2.75, 3.05) is 13.1 Å². The Bertz CT molecular complexity index is 585. The molecule has 7 heteroatoms. The lowest BCUT2D eigenvalue weighted by Gasteiger charge is -2.31. The van der Waals surface area contributed by atoms with Gasteiger partial charge in [-0.2, -0.15) is 5.10 Å². The van der Waals surface area contributed by atoms with Gasteiger partial charge in [-0.25, -0.2) is 0 Å². The summed E-state index contributed by atoms with van der Waals surface area (Å²) in [4.78, 5) is 24.3. The van der Waals surface area contributed by atoms with Crippen LogP contribution in [0.3, 0.4) is 0 Å². The summed E-state index contributed by atoms with van der Waals surface area (Å²) < 4.78 is 1.76. The fourth-order valence-electron chi connectivity index (χ4n) is 3.87. The molecule has 1 saturated carbocycles. The Morgan fingerprint density at radius 1 is 1.30 bits per heavy atom. The maximum Gasteiger partial charge on any atom is 0.225 e. The van der Waals surface area contributed by atoms with E-state index in [9.17, 15) is 9.59 Å². The lowest BCUT2D eigenvalue weighted by atomic mass is 9.83. The van der Waals surface area contributed by atoms with Crippen molar-refractivity contribution in [1.82, 2.24) is 20.4 Å². The van der Waals surface area contributed by atoms with E-state index >= 15 is 0 Å². The van der Waals surface area contributed by atoms with Crippen LogP contribution >= 0.6 is 0 Å². The molecule has 3 rings (SSSR count). The second-order valence-electron chi connectivity index (χ2n) is 6.73. The average molecular weight is 319 g/mol. The molecule has 2 heterocycles. The van der Waals surface area contributed by atoms with Crippen LogP contribution in [0.15, 0.2) is 12.4 Å². The van der Waals surface area contributed by atoms with Gasteiger partial charge in [0.05, 0.1) is 18.0 Å². The maximum absolute atomic E-state index is 12.7. The third kappa shape index (κ3) is 3.39. The molecule has 2 fully saturated rings. The van der Waals surface area contributed by atoms with Crippen LogP contribution in [0.1, 0.15) is 37.2 Å². The van der Waals surface area contributed by atoms with E-state index < -0.39 is 0 Å². The van der Waals surface area contributed by atoms with Crippen LogP contribution in [0.2, 0.25) is 0 Å². The maximum atomic E-state index is 12.7. The van der Waals surface area contributed by atoms with E-state index in [1.165, 1.54) is 0 Å². The predicted molar refractivity (Wildman–Crippen MR) is 85.4 cm³/mol. The first-order valence-electron chi connectivity index (χ1n) is 8.35. The Balaban J connectivity index is 1.68. The number of nitrogens with one attached hydrogen (secondary N) is 2. The Kier molecular flexibility index (Phi) is 4.66. The van der Waals surface area contributed by atoms with Gasteiger partial charge in [-0.05, 0) is 18.4 Å². The number of carbonyl (C=O) groups is 2. The first kappa shape index (κ1) is 16.0. The van der Waals surface area contributed by atoms with Gasteiger partial charge in [0.25, 0.3) is 0 Å². The molecule has 1 aromatic rings. The first-order valence-corrected chi connectivity index (χ1v) is 8.35. The Labute approximate surface area is 136 Å². The predicted octanol–water partition coefficient (Wildman–Crippen LogP) is -0.117. The van der Waals surface area contributed by atoms with Crippen LogP contribution in [0.5, 0.6) is 0 Å². The molecule has 1 aliphatic carbocycles. The summed E-state index contributed by atoms with van der Waals surface area (Å²) in [6, 6.07) is -0.121. The molecule has 23 heavy (non-hydrogen) atoms. The van der Waals surface area contributed by atoms with E-state index in [-0.39, 0.29) is 35.6 Å². The molecule has 1 aromatic heterocycles. The van der Waals surface area contributed by atoms with E-state index in [1.54, 1.807) is 4.68 Å². The summed E-state index contributed by atoms with van der Waals surface area (Å²) in [7, 11) is 1.88. The largest absolute Gasteiger partial charge is 0.369 e. The van der Waals surface area contributed by atoms with Crippen molar-refractivity contribution in [3.05, 3.63) is 18.0 Å². The summed E-state index contributed by atoms with van der Waals surface area (Å²) in [6.45, 7) is 1.42.